The van der Waals surface area contributed by atoms with Gasteiger partial charge in [0.2, 0.25) is 0 Å². The van der Waals surface area contributed by atoms with Gasteiger partial charge in [-0.15, -0.1) is 18.3 Å². The molecule has 0 amide bonds. The van der Waals surface area contributed by atoms with Gasteiger partial charge in [-0.25, -0.2) is 4.79 Å². The number of thioether (sulfide) groups is 1. The highest BCUT2D eigenvalue weighted by Crippen LogP contribution is 1.97. The van der Waals surface area contributed by atoms with E-state index < -0.39 is 0 Å². The molecule has 0 aromatic carbocycles. The first-order valence-electron chi connectivity index (χ1n) is 2.75. The van der Waals surface area contributed by atoms with Crippen LogP contribution in [-0.4, -0.2) is 23.8 Å². The van der Waals surface area contributed by atoms with Crippen molar-refractivity contribution < 1.29 is 4.79 Å². The maximum Gasteiger partial charge on any atom is 0.127 e. The fraction of sp³-hybridized carbons (Fsp3) is 0.286. The van der Waals surface area contributed by atoms with Crippen LogP contribution in [0.5, 0.6) is 0 Å². The summed E-state index contributed by atoms with van der Waals surface area (Å²) in [5.74, 6) is 1.67. The molecule has 2 nitrogen and oxygen atoms in total. The van der Waals surface area contributed by atoms with Crippen molar-refractivity contribution >= 4 is 22.7 Å². The fourth-order valence-corrected chi connectivity index (χ4v) is 0.744. The number of aliphatic imine (C=N–C) groups is 1. The second kappa shape index (κ2) is 6.33. The second-order valence-electron chi connectivity index (χ2n) is 1.43. The van der Waals surface area contributed by atoms with Crippen LogP contribution in [0.3, 0.4) is 0 Å². The van der Waals surface area contributed by atoms with Gasteiger partial charge in [-0.2, -0.15) is 0 Å². The normalized spacial score (nSPS) is 10.3. The summed E-state index contributed by atoms with van der Waals surface area (Å²) < 4.78 is 0. The largest absolute Gasteiger partial charge is 0.274 e. The van der Waals surface area contributed by atoms with E-state index in [-0.39, 0.29) is 0 Å². The standard InChI is InChI=1S/C7H9NOS/c1-3-5-8-7(10-2)4-6-9/h3-4H,1,5H2,2H3. The Bertz CT molecular complexity index is 180. The van der Waals surface area contributed by atoms with E-state index in [1.165, 1.54) is 17.8 Å². The molecule has 0 aliphatic carbocycles. The minimum atomic E-state index is 0.550. The summed E-state index contributed by atoms with van der Waals surface area (Å²) in [4.78, 5) is 13.8. The third-order valence-electron chi connectivity index (χ3n) is 0.768. The van der Waals surface area contributed by atoms with Gasteiger partial charge in [-0.3, -0.25) is 4.99 Å². The van der Waals surface area contributed by atoms with Crippen LogP contribution in [0.2, 0.25) is 0 Å². The monoisotopic (exact) mass is 155 g/mol. The third kappa shape index (κ3) is 4.13. The molecule has 3 heteroatoms. The molecule has 0 aromatic rings. The van der Waals surface area contributed by atoms with E-state index >= 15 is 0 Å². The lowest BCUT2D eigenvalue weighted by molar-refractivity contribution is 0.569. The molecule has 0 heterocycles. The van der Waals surface area contributed by atoms with Crippen molar-refractivity contribution in [2.24, 2.45) is 4.99 Å². The van der Waals surface area contributed by atoms with Crippen LogP contribution in [0, 0.1) is 0 Å². The maximum atomic E-state index is 9.84. The molecule has 0 aliphatic rings. The van der Waals surface area contributed by atoms with Crippen LogP contribution < -0.4 is 0 Å². The molecule has 0 saturated carbocycles. The predicted octanol–water partition coefficient (Wildman–Crippen LogP) is 1.32. The van der Waals surface area contributed by atoms with E-state index in [1.54, 1.807) is 12.0 Å². The Morgan fingerprint density at radius 2 is 2.60 bits per heavy atom. The van der Waals surface area contributed by atoms with Crippen LogP contribution in [0.15, 0.2) is 23.7 Å². The van der Waals surface area contributed by atoms with Gasteiger partial charge in [0.25, 0.3) is 0 Å². The molecular formula is C7H9NOS. The van der Waals surface area contributed by atoms with Crippen LogP contribution in [0.1, 0.15) is 0 Å². The summed E-state index contributed by atoms with van der Waals surface area (Å²) >= 11 is 1.42. The van der Waals surface area contributed by atoms with Crippen molar-refractivity contribution in [3.05, 3.63) is 18.7 Å². The van der Waals surface area contributed by atoms with Crippen molar-refractivity contribution in [3.63, 3.8) is 0 Å². The molecule has 0 unspecified atom stereocenters. The van der Waals surface area contributed by atoms with Crippen molar-refractivity contribution in [1.29, 1.82) is 0 Å². The molecule has 10 heavy (non-hydrogen) atoms. The zero-order chi connectivity index (χ0) is 7.82. The zero-order valence-electron chi connectivity index (χ0n) is 5.83. The number of rotatable bonds is 3. The number of hydrogen-bond donors (Lipinski definition) is 0. The molecule has 0 saturated heterocycles. The summed E-state index contributed by atoms with van der Waals surface area (Å²) in [6.07, 6.45) is 4.85. The second-order valence-corrected chi connectivity index (χ2v) is 2.26. The highest BCUT2D eigenvalue weighted by atomic mass is 32.2. The molecule has 0 spiro atoms. The maximum absolute atomic E-state index is 9.84. The molecule has 0 radical (unpaired) electrons. The number of carbonyl (C=O) groups excluding carboxylic acids is 1. The highest BCUT2D eigenvalue weighted by Gasteiger charge is 1.86. The van der Waals surface area contributed by atoms with Gasteiger partial charge in [-0.05, 0) is 6.26 Å². The van der Waals surface area contributed by atoms with E-state index in [0.29, 0.717) is 11.6 Å². The SMILES string of the molecule is C=CCN=C(C=C=O)SC. The van der Waals surface area contributed by atoms with Crippen molar-refractivity contribution in [2.75, 3.05) is 12.8 Å². The topological polar surface area (TPSA) is 29.4 Å². The average Bonchev–Trinajstić information content (AvgIpc) is 1.98. The number of hydrogen-bond acceptors (Lipinski definition) is 3. The van der Waals surface area contributed by atoms with Crippen molar-refractivity contribution in [1.82, 2.24) is 0 Å². The Morgan fingerprint density at radius 3 is 3.00 bits per heavy atom. The van der Waals surface area contributed by atoms with E-state index in [1.807, 2.05) is 6.26 Å². The smallest absolute Gasteiger partial charge is 0.127 e. The van der Waals surface area contributed by atoms with E-state index in [4.69, 9.17) is 0 Å². The molecule has 0 bridgehead atoms. The zero-order valence-corrected chi connectivity index (χ0v) is 6.65. The van der Waals surface area contributed by atoms with E-state index in [2.05, 4.69) is 11.6 Å². The third-order valence-corrected chi connectivity index (χ3v) is 1.43. The molecule has 0 rings (SSSR count). The van der Waals surface area contributed by atoms with E-state index in [9.17, 15) is 4.79 Å². The average molecular weight is 155 g/mol. The molecule has 0 fully saturated rings. The first-order chi connectivity index (χ1) is 4.85. The lowest BCUT2D eigenvalue weighted by Crippen LogP contribution is -1.86. The molecule has 0 N–H and O–H groups in total. The lowest BCUT2D eigenvalue weighted by atomic mass is 10.6. The number of nitrogens with zero attached hydrogens (tertiary/aromatic N) is 1. The summed E-state index contributed by atoms with van der Waals surface area (Å²) in [5.41, 5.74) is 0. The Labute approximate surface area is 64.7 Å². The first kappa shape index (κ1) is 9.21. The molecular weight excluding hydrogens is 146 g/mol. The van der Waals surface area contributed by atoms with Gasteiger partial charge in [0, 0.05) is 0 Å². The summed E-state index contributed by atoms with van der Waals surface area (Å²) in [7, 11) is 0. The van der Waals surface area contributed by atoms with Crippen molar-refractivity contribution in [2.45, 2.75) is 0 Å². The van der Waals surface area contributed by atoms with Crippen LogP contribution >= 0.6 is 11.8 Å². The summed E-state index contributed by atoms with van der Waals surface area (Å²) in [6.45, 7) is 4.05. The molecule has 0 aliphatic heterocycles. The highest BCUT2D eigenvalue weighted by molar-refractivity contribution is 8.13. The molecule has 0 aromatic heterocycles. The van der Waals surface area contributed by atoms with Gasteiger partial charge < -0.3 is 0 Å². The first-order valence-corrected chi connectivity index (χ1v) is 3.97. The summed E-state index contributed by atoms with van der Waals surface area (Å²) in [5, 5.41) is 0.690. The van der Waals surface area contributed by atoms with Gasteiger partial charge in [0.05, 0.1) is 12.6 Å². The van der Waals surface area contributed by atoms with Crippen LogP contribution in [0.25, 0.3) is 0 Å². The molecule has 54 valence electrons. The van der Waals surface area contributed by atoms with Crippen LogP contribution in [-0.2, 0) is 4.79 Å². The Hall–Kier alpha value is -0.790. The minimum absolute atomic E-state index is 0.550. The summed E-state index contributed by atoms with van der Waals surface area (Å²) in [6, 6.07) is 0. The Kier molecular flexibility index (Phi) is 5.83. The quantitative estimate of drug-likeness (QED) is 0.266. The predicted molar refractivity (Wildman–Crippen MR) is 46.3 cm³/mol. The van der Waals surface area contributed by atoms with Gasteiger partial charge >= 0.3 is 0 Å². The van der Waals surface area contributed by atoms with Gasteiger partial charge in [-0.1, -0.05) is 6.08 Å². The van der Waals surface area contributed by atoms with Gasteiger partial charge in [0.1, 0.15) is 11.0 Å². The Balaban J connectivity index is 4.02. The van der Waals surface area contributed by atoms with E-state index in [0.717, 1.165) is 0 Å². The van der Waals surface area contributed by atoms with Crippen LogP contribution in [0.4, 0.5) is 0 Å². The van der Waals surface area contributed by atoms with Crippen molar-refractivity contribution in [3.8, 4) is 0 Å². The molecule has 0 atom stereocenters. The lowest BCUT2D eigenvalue weighted by Gasteiger charge is -1.89. The Morgan fingerprint density at radius 1 is 1.90 bits per heavy atom. The van der Waals surface area contributed by atoms with Gasteiger partial charge in [0.15, 0.2) is 0 Å². The fourth-order valence-electron chi connectivity index (χ4n) is 0.374. The minimum Gasteiger partial charge on any atom is -0.274 e.